The second-order valence-corrected chi connectivity index (χ2v) is 8.36. The summed E-state index contributed by atoms with van der Waals surface area (Å²) in [6, 6.07) is 2.85. The Balaban J connectivity index is 1.95. The summed E-state index contributed by atoms with van der Waals surface area (Å²) in [7, 11) is 0. The van der Waals surface area contributed by atoms with E-state index >= 15 is 0 Å². The maximum Gasteiger partial charge on any atom is 0.339 e. The lowest BCUT2D eigenvalue weighted by Gasteiger charge is -2.33. The second kappa shape index (κ2) is 6.95. The average Bonchev–Trinajstić information content (AvgIpc) is 2.76. The quantitative estimate of drug-likeness (QED) is 0.184. The van der Waals surface area contributed by atoms with Crippen LogP contribution in [0.15, 0.2) is 18.2 Å². The summed E-state index contributed by atoms with van der Waals surface area (Å²) < 4.78 is 0. The molecule has 178 valence electrons. The Kier molecular flexibility index (Phi) is 4.41. The van der Waals surface area contributed by atoms with Gasteiger partial charge in [0.2, 0.25) is 5.78 Å². The molecule has 3 aromatic rings. The highest BCUT2D eigenvalue weighted by Gasteiger charge is 2.45. The average molecular weight is 480 g/mol. The summed E-state index contributed by atoms with van der Waals surface area (Å²) in [5, 5.41) is 84.0. The highest BCUT2D eigenvalue weighted by atomic mass is 16.4. The number of ketones is 2. The molecule has 0 unspecified atom stereocenters. The topological polar surface area (TPSA) is 213 Å². The standard InChI is InChI=1S/C24H16O11/c1-5-2-7-12(19(29)10(5)24(34)35)13-14(23(33)18(7)28)22(32)16-15(21(13)31)17(27)8-3-6(25)4-9(26)11(8)20(16)30/h2-4,18,23,25-26,28-29,31-33H,1H3,(H,34,35)/t18-,23-/m0/s1. The van der Waals surface area contributed by atoms with E-state index in [2.05, 4.69) is 0 Å². The van der Waals surface area contributed by atoms with Crippen molar-refractivity contribution in [3.63, 3.8) is 0 Å². The molecule has 0 saturated carbocycles. The molecule has 11 heteroatoms. The third kappa shape index (κ3) is 2.64. The van der Waals surface area contributed by atoms with Crippen LogP contribution in [0.5, 0.6) is 28.7 Å². The summed E-state index contributed by atoms with van der Waals surface area (Å²) in [4.78, 5) is 38.2. The van der Waals surface area contributed by atoms with E-state index in [0.717, 1.165) is 12.1 Å². The number of hydrogen-bond donors (Lipinski definition) is 8. The van der Waals surface area contributed by atoms with Crippen LogP contribution < -0.4 is 0 Å². The summed E-state index contributed by atoms with van der Waals surface area (Å²) in [6.07, 6.45) is -3.78. The number of carbonyl (C=O) groups is 3. The smallest absolute Gasteiger partial charge is 0.339 e. The minimum Gasteiger partial charge on any atom is -0.508 e. The van der Waals surface area contributed by atoms with Gasteiger partial charge in [-0.05, 0) is 24.1 Å². The van der Waals surface area contributed by atoms with Crippen LogP contribution in [0.1, 0.15) is 71.1 Å². The van der Waals surface area contributed by atoms with Crippen molar-refractivity contribution < 1.29 is 55.2 Å². The molecule has 5 rings (SSSR count). The minimum absolute atomic E-state index is 0.0243. The number of carboxylic acids is 1. The molecule has 3 aromatic carbocycles. The SMILES string of the molecule is Cc1cc2c(c(O)c1C(=O)O)-c1c(O)c3c(c(O)c1[C@H](O)[C@H]2O)C(=O)c1c(O)cc(O)cc1C3=O. The largest absolute Gasteiger partial charge is 0.508 e. The number of aromatic hydroxyl groups is 5. The first-order valence-corrected chi connectivity index (χ1v) is 10.1. The molecule has 11 nitrogen and oxygen atoms in total. The van der Waals surface area contributed by atoms with E-state index in [4.69, 9.17) is 0 Å². The number of phenolic OH excluding ortho intramolecular Hbond substituents is 4. The van der Waals surface area contributed by atoms with Gasteiger partial charge in [-0.3, -0.25) is 9.59 Å². The second-order valence-electron chi connectivity index (χ2n) is 8.36. The van der Waals surface area contributed by atoms with Crippen LogP contribution in [-0.4, -0.2) is 58.4 Å². The van der Waals surface area contributed by atoms with Gasteiger partial charge in [-0.25, -0.2) is 4.79 Å². The van der Waals surface area contributed by atoms with Gasteiger partial charge in [0.25, 0.3) is 0 Å². The fraction of sp³-hybridized carbons (Fsp3) is 0.125. The van der Waals surface area contributed by atoms with Crippen molar-refractivity contribution in [2.75, 3.05) is 0 Å². The van der Waals surface area contributed by atoms with Crippen molar-refractivity contribution in [1.82, 2.24) is 0 Å². The molecule has 0 amide bonds. The highest BCUT2D eigenvalue weighted by molar-refractivity contribution is 6.32. The number of hydrogen-bond acceptors (Lipinski definition) is 10. The zero-order valence-electron chi connectivity index (χ0n) is 17.7. The first-order valence-electron chi connectivity index (χ1n) is 10.1. The zero-order valence-corrected chi connectivity index (χ0v) is 17.7. The van der Waals surface area contributed by atoms with Crippen LogP contribution >= 0.6 is 0 Å². The van der Waals surface area contributed by atoms with Crippen molar-refractivity contribution in [2.24, 2.45) is 0 Å². The van der Waals surface area contributed by atoms with Crippen molar-refractivity contribution in [3.8, 4) is 39.9 Å². The molecule has 0 heterocycles. The molecule has 0 fully saturated rings. The Morgan fingerprint density at radius 2 is 1.37 bits per heavy atom. The zero-order chi connectivity index (χ0) is 25.7. The van der Waals surface area contributed by atoms with Crippen molar-refractivity contribution in [2.45, 2.75) is 19.1 Å². The van der Waals surface area contributed by atoms with E-state index in [1.165, 1.54) is 13.0 Å². The molecular weight excluding hydrogens is 464 g/mol. The Bertz CT molecular complexity index is 1550. The van der Waals surface area contributed by atoms with Crippen LogP contribution in [0.3, 0.4) is 0 Å². The van der Waals surface area contributed by atoms with Gasteiger partial charge in [-0.15, -0.1) is 0 Å². The summed E-state index contributed by atoms with van der Waals surface area (Å²) in [6.45, 7) is 1.33. The number of aryl methyl sites for hydroxylation is 1. The third-order valence-electron chi connectivity index (χ3n) is 6.42. The Hall–Kier alpha value is -4.61. The molecule has 0 saturated heterocycles. The van der Waals surface area contributed by atoms with E-state index in [1.54, 1.807) is 0 Å². The van der Waals surface area contributed by atoms with Crippen molar-refractivity contribution in [1.29, 1.82) is 0 Å². The van der Waals surface area contributed by atoms with Crippen molar-refractivity contribution in [3.05, 3.63) is 62.7 Å². The molecule has 2 aliphatic carbocycles. The highest BCUT2D eigenvalue weighted by Crippen LogP contribution is 2.58. The molecule has 0 aromatic heterocycles. The van der Waals surface area contributed by atoms with E-state index in [-0.39, 0.29) is 11.1 Å². The van der Waals surface area contributed by atoms with Gasteiger partial charge < -0.3 is 40.9 Å². The van der Waals surface area contributed by atoms with Gasteiger partial charge in [-0.1, -0.05) is 6.07 Å². The Labute approximate surface area is 195 Å². The van der Waals surface area contributed by atoms with E-state index in [9.17, 15) is 55.2 Å². The van der Waals surface area contributed by atoms with Gasteiger partial charge in [0.05, 0.1) is 16.7 Å². The fourth-order valence-corrected chi connectivity index (χ4v) is 4.93. The van der Waals surface area contributed by atoms with Gasteiger partial charge in [0.15, 0.2) is 5.78 Å². The number of benzene rings is 3. The summed E-state index contributed by atoms with van der Waals surface area (Å²) in [5.74, 6) is -7.97. The number of phenols is 5. The summed E-state index contributed by atoms with van der Waals surface area (Å²) in [5.41, 5.74) is -4.96. The Morgan fingerprint density at radius 3 is 2.00 bits per heavy atom. The fourth-order valence-electron chi connectivity index (χ4n) is 4.93. The van der Waals surface area contributed by atoms with Crippen LogP contribution in [0.4, 0.5) is 0 Å². The lowest BCUT2D eigenvalue weighted by molar-refractivity contribution is 0.0140. The first-order chi connectivity index (χ1) is 16.4. The van der Waals surface area contributed by atoms with Crippen LogP contribution in [-0.2, 0) is 0 Å². The molecule has 35 heavy (non-hydrogen) atoms. The molecule has 0 spiro atoms. The Morgan fingerprint density at radius 1 is 0.743 bits per heavy atom. The molecule has 0 radical (unpaired) electrons. The number of fused-ring (bicyclic) bond motifs is 5. The third-order valence-corrected chi connectivity index (χ3v) is 6.42. The lowest BCUT2D eigenvalue weighted by Crippen LogP contribution is -2.25. The minimum atomic E-state index is -1.96. The van der Waals surface area contributed by atoms with Crippen LogP contribution in [0, 0.1) is 6.92 Å². The van der Waals surface area contributed by atoms with E-state index < -0.39 is 103 Å². The van der Waals surface area contributed by atoms with Gasteiger partial charge in [-0.2, -0.15) is 0 Å². The molecule has 0 aliphatic heterocycles. The molecule has 8 N–H and O–H groups in total. The van der Waals surface area contributed by atoms with Crippen LogP contribution in [0.25, 0.3) is 11.1 Å². The predicted octanol–water partition coefficient (Wildman–Crippen LogP) is 1.74. The maximum atomic E-state index is 13.3. The van der Waals surface area contributed by atoms with Crippen LogP contribution in [0.2, 0.25) is 0 Å². The van der Waals surface area contributed by atoms with Gasteiger partial charge in [0, 0.05) is 28.3 Å². The van der Waals surface area contributed by atoms with Crippen molar-refractivity contribution >= 4 is 17.5 Å². The number of carbonyl (C=O) groups excluding carboxylic acids is 2. The van der Waals surface area contributed by atoms with E-state index in [1.807, 2.05) is 0 Å². The first kappa shape index (κ1) is 22.2. The number of rotatable bonds is 1. The number of aromatic carboxylic acids is 1. The molecule has 2 atom stereocenters. The normalized spacial score (nSPS) is 17.9. The monoisotopic (exact) mass is 480 g/mol. The summed E-state index contributed by atoms with van der Waals surface area (Å²) >= 11 is 0. The lowest BCUT2D eigenvalue weighted by atomic mass is 9.73. The number of aliphatic hydroxyl groups is 2. The molecular formula is C24H16O11. The molecule has 0 bridgehead atoms. The molecule has 2 aliphatic rings. The predicted molar refractivity (Wildman–Crippen MR) is 115 cm³/mol. The van der Waals surface area contributed by atoms with Gasteiger partial charge in [0.1, 0.15) is 46.5 Å². The van der Waals surface area contributed by atoms with E-state index in [0.29, 0.717) is 0 Å². The number of aliphatic hydroxyl groups excluding tert-OH is 2. The van der Waals surface area contributed by atoms with Gasteiger partial charge >= 0.3 is 5.97 Å². The maximum absolute atomic E-state index is 13.3. The number of carboxylic acid groups (broad SMARTS) is 1.